The summed E-state index contributed by atoms with van der Waals surface area (Å²) in [5.74, 6) is 0.583. The highest BCUT2D eigenvalue weighted by atomic mass is 19.1. The van der Waals surface area contributed by atoms with E-state index in [9.17, 15) is 4.39 Å². The maximum absolute atomic E-state index is 13.9. The van der Waals surface area contributed by atoms with Gasteiger partial charge in [-0.25, -0.2) is 9.37 Å². The van der Waals surface area contributed by atoms with Gasteiger partial charge in [-0.2, -0.15) is 5.10 Å². The minimum absolute atomic E-state index is 0.290. The van der Waals surface area contributed by atoms with Crippen LogP contribution in [0.1, 0.15) is 31.9 Å². The van der Waals surface area contributed by atoms with Crippen LogP contribution in [0.2, 0.25) is 0 Å². The molecule has 40 heavy (non-hydrogen) atoms. The summed E-state index contributed by atoms with van der Waals surface area (Å²) in [5.41, 5.74) is 13.0. The molecule has 1 aliphatic heterocycles. The number of halogens is 1. The van der Waals surface area contributed by atoms with Crippen molar-refractivity contribution < 1.29 is 9.13 Å². The zero-order valence-corrected chi connectivity index (χ0v) is 22.5. The Morgan fingerprint density at radius 1 is 1.12 bits per heavy atom. The summed E-state index contributed by atoms with van der Waals surface area (Å²) in [6.45, 7) is 5.96. The standard InChI is InChI=1S/C31H32FN7O/c1-2-23(40-13-12-39-10-3-4-11-39)15-21(17-33)26-8-9-27-30(36-26)31(38-37-27)28-16-24-25(18-34-19-29(24)35-28)20-6-5-7-22(32)14-20/h5-9,14-19,35H,2-4,10-13,33H2,1H3,(H,37,38)/b21-17+,23-15+. The number of aromatic amines is 2. The minimum atomic E-state index is -0.290. The highest BCUT2D eigenvalue weighted by molar-refractivity contribution is 6.00. The summed E-state index contributed by atoms with van der Waals surface area (Å²) in [6, 6.07) is 12.4. The van der Waals surface area contributed by atoms with Gasteiger partial charge in [0.2, 0.25) is 0 Å². The Bertz CT molecular complexity index is 1710. The van der Waals surface area contributed by atoms with Crippen molar-refractivity contribution in [3.05, 3.63) is 84.4 Å². The molecule has 5 heterocycles. The fraction of sp³-hybridized carbons (Fsp3) is 0.258. The van der Waals surface area contributed by atoms with Gasteiger partial charge in [0, 0.05) is 41.9 Å². The van der Waals surface area contributed by atoms with Gasteiger partial charge < -0.3 is 15.5 Å². The van der Waals surface area contributed by atoms with Crippen LogP contribution in [0, 0.1) is 5.82 Å². The van der Waals surface area contributed by atoms with Crippen LogP contribution >= 0.6 is 0 Å². The number of pyridine rings is 2. The first-order valence-corrected chi connectivity index (χ1v) is 13.7. The van der Waals surface area contributed by atoms with E-state index in [1.54, 1.807) is 24.7 Å². The molecular formula is C31H32FN7O. The number of H-pyrrole nitrogens is 2. The van der Waals surface area contributed by atoms with Crippen molar-refractivity contribution in [3.8, 4) is 22.5 Å². The molecule has 1 aromatic carbocycles. The summed E-state index contributed by atoms with van der Waals surface area (Å²) in [7, 11) is 0. The molecule has 9 heteroatoms. The lowest BCUT2D eigenvalue weighted by atomic mass is 10.0. The van der Waals surface area contributed by atoms with E-state index in [0.29, 0.717) is 17.8 Å². The number of aromatic nitrogens is 5. The number of nitrogens with zero attached hydrogens (tertiary/aromatic N) is 4. The number of nitrogens with one attached hydrogen (secondary N) is 2. The van der Waals surface area contributed by atoms with Gasteiger partial charge in [0.1, 0.15) is 23.6 Å². The summed E-state index contributed by atoms with van der Waals surface area (Å²) in [4.78, 5) is 15.1. The first-order valence-electron chi connectivity index (χ1n) is 13.7. The third-order valence-electron chi connectivity index (χ3n) is 7.38. The summed E-state index contributed by atoms with van der Waals surface area (Å²) in [6.07, 6.45) is 10.3. The molecule has 5 aromatic rings. The van der Waals surface area contributed by atoms with Gasteiger partial charge in [-0.3, -0.25) is 15.0 Å². The van der Waals surface area contributed by atoms with Gasteiger partial charge in [0.05, 0.1) is 34.4 Å². The summed E-state index contributed by atoms with van der Waals surface area (Å²) < 4.78 is 20.0. The molecule has 6 rings (SSSR count). The second-order valence-corrected chi connectivity index (χ2v) is 9.99. The van der Waals surface area contributed by atoms with Crippen molar-refractivity contribution in [1.29, 1.82) is 0 Å². The molecule has 1 fully saturated rings. The number of hydrogen-bond donors (Lipinski definition) is 3. The normalized spacial score (nSPS) is 14.9. The van der Waals surface area contributed by atoms with E-state index < -0.39 is 0 Å². The summed E-state index contributed by atoms with van der Waals surface area (Å²) in [5, 5.41) is 8.57. The van der Waals surface area contributed by atoms with Crippen LogP contribution < -0.4 is 5.73 Å². The molecule has 0 amide bonds. The number of benzene rings is 1. The Kier molecular flexibility index (Phi) is 7.29. The topological polar surface area (TPSA) is 109 Å². The quantitative estimate of drug-likeness (QED) is 0.157. The van der Waals surface area contributed by atoms with Crippen LogP contribution in [0.25, 0.3) is 50.0 Å². The SMILES string of the molecule is CC/C(=C\C(=C/N)c1ccc2[nH]nc(-c3cc4c(-c5cccc(F)c5)cncc4[nH]3)c2n1)OCCN1CCCC1. The fourth-order valence-corrected chi connectivity index (χ4v) is 5.25. The monoisotopic (exact) mass is 537 g/mol. The van der Waals surface area contributed by atoms with E-state index in [4.69, 9.17) is 15.5 Å². The second-order valence-electron chi connectivity index (χ2n) is 9.99. The Morgan fingerprint density at radius 3 is 2.80 bits per heavy atom. The first kappa shape index (κ1) is 25.8. The molecule has 0 spiro atoms. The molecule has 4 N–H and O–H groups in total. The lowest BCUT2D eigenvalue weighted by molar-refractivity contribution is 0.166. The van der Waals surface area contributed by atoms with Gasteiger partial charge in [-0.1, -0.05) is 19.1 Å². The molecule has 0 atom stereocenters. The number of hydrogen-bond acceptors (Lipinski definition) is 6. The molecule has 1 aliphatic rings. The van der Waals surface area contributed by atoms with E-state index in [1.165, 1.54) is 25.0 Å². The molecular weight excluding hydrogens is 505 g/mol. The van der Waals surface area contributed by atoms with Gasteiger partial charge >= 0.3 is 0 Å². The molecule has 0 saturated carbocycles. The van der Waals surface area contributed by atoms with Crippen LogP contribution in [0.3, 0.4) is 0 Å². The van der Waals surface area contributed by atoms with E-state index in [0.717, 1.165) is 76.3 Å². The van der Waals surface area contributed by atoms with Crippen molar-refractivity contribution in [1.82, 2.24) is 30.0 Å². The predicted molar refractivity (Wildman–Crippen MR) is 157 cm³/mol. The summed E-state index contributed by atoms with van der Waals surface area (Å²) >= 11 is 0. The van der Waals surface area contributed by atoms with E-state index >= 15 is 0 Å². The van der Waals surface area contributed by atoms with Gasteiger partial charge in [-0.05, 0) is 67.9 Å². The fourth-order valence-electron chi connectivity index (χ4n) is 5.25. The van der Waals surface area contributed by atoms with Crippen LogP contribution in [0.4, 0.5) is 4.39 Å². The highest BCUT2D eigenvalue weighted by Gasteiger charge is 2.17. The van der Waals surface area contributed by atoms with Gasteiger partial charge in [0.15, 0.2) is 0 Å². The Morgan fingerprint density at radius 2 is 2.00 bits per heavy atom. The predicted octanol–water partition coefficient (Wildman–Crippen LogP) is 6.01. The number of likely N-dealkylation sites (tertiary alicyclic amines) is 1. The molecule has 1 saturated heterocycles. The number of rotatable bonds is 9. The number of ether oxygens (including phenoxy) is 1. The van der Waals surface area contributed by atoms with Gasteiger partial charge in [0.25, 0.3) is 0 Å². The molecule has 0 aliphatic carbocycles. The number of fused-ring (bicyclic) bond motifs is 2. The van der Waals surface area contributed by atoms with Gasteiger partial charge in [-0.15, -0.1) is 0 Å². The molecule has 0 radical (unpaired) electrons. The Hall–Kier alpha value is -4.50. The van der Waals surface area contributed by atoms with Crippen LogP contribution in [0.5, 0.6) is 0 Å². The largest absolute Gasteiger partial charge is 0.497 e. The lowest BCUT2D eigenvalue weighted by Gasteiger charge is -2.16. The van der Waals surface area contributed by atoms with Crippen molar-refractivity contribution in [3.63, 3.8) is 0 Å². The third-order valence-corrected chi connectivity index (χ3v) is 7.38. The van der Waals surface area contributed by atoms with Crippen molar-refractivity contribution >= 4 is 27.5 Å². The van der Waals surface area contributed by atoms with E-state index in [2.05, 4.69) is 32.0 Å². The molecule has 204 valence electrons. The second kappa shape index (κ2) is 11.3. The van der Waals surface area contributed by atoms with Crippen molar-refractivity contribution in [2.45, 2.75) is 26.2 Å². The molecule has 0 unspecified atom stereocenters. The van der Waals surface area contributed by atoms with Crippen LogP contribution in [0.15, 0.2) is 72.9 Å². The Balaban J connectivity index is 1.31. The van der Waals surface area contributed by atoms with E-state index in [-0.39, 0.29) is 5.82 Å². The maximum atomic E-state index is 13.9. The maximum Gasteiger partial charge on any atom is 0.135 e. The average molecular weight is 538 g/mol. The smallest absolute Gasteiger partial charge is 0.135 e. The van der Waals surface area contributed by atoms with Crippen LogP contribution in [-0.2, 0) is 4.74 Å². The van der Waals surface area contributed by atoms with Crippen molar-refractivity contribution in [2.24, 2.45) is 5.73 Å². The minimum Gasteiger partial charge on any atom is -0.497 e. The highest BCUT2D eigenvalue weighted by Crippen LogP contribution is 2.33. The number of nitrogens with two attached hydrogens (primary N) is 1. The molecule has 4 aromatic heterocycles. The zero-order valence-electron chi connectivity index (χ0n) is 22.5. The molecule has 8 nitrogen and oxygen atoms in total. The van der Waals surface area contributed by atoms with Crippen LogP contribution in [-0.4, -0.2) is 56.3 Å². The lowest BCUT2D eigenvalue weighted by Crippen LogP contribution is -2.23. The third kappa shape index (κ3) is 5.20. The number of allylic oxidation sites excluding steroid dienone is 3. The Labute approximate surface area is 231 Å². The first-order chi connectivity index (χ1) is 19.6. The average Bonchev–Trinajstić information content (AvgIpc) is 3.74. The molecule has 0 bridgehead atoms. The van der Waals surface area contributed by atoms with Crippen molar-refractivity contribution in [2.75, 3.05) is 26.2 Å². The zero-order chi connectivity index (χ0) is 27.5. The van der Waals surface area contributed by atoms with E-state index in [1.807, 2.05) is 30.3 Å².